The fourth-order valence-electron chi connectivity index (χ4n) is 3.86. The van der Waals surface area contributed by atoms with E-state index < -0.39 is 36.3 Å². The van der Waals surface area contributed by atoms with Crippen molar-refractivity contribution in [1.82, 2.24) is 0 Å². The number of rotatable bonds is 7. The second-order valence-electron chi connectivity index (χ2n) is 8.42. The van der Waals surface area contributed by atoms with Gasteiger partial charge in [0.2, 0.25) is 0 Å². The first-order chi connectivity index (χ1) is 17.7. The topological polar surface area (TPSA) is 119 Å². The van der Waals surface area contributed by atoms with E-state index in [0.717, 1.165) is 16.0 Å². The van der Waals surface area contributed by atoms with Crippen LogP contribution in [0, 0.1) is 13.8 Å². The third kappa shape index (κ3) is 5.25. The van der Waals surface area contributed by atoms with Crippen LogP contribution in [-0.2, 0) is 14.3 Å². The molecule has 9 nitrogen and oxygen atoms in total. The third-order valence-electron chi connectivity index (χ3n) is 5.74. The number of amides is 3. The average molecular weight is 501 g/mol. The molecule has 0 atom stereocenters. The van der Waals surface area contributed by atoms with Crippen molar-refractivity contribution in [2.24, 2.45) is 0 Å². The molecule has 0 saturated carbocycles. The Bertz CT molecular complexity index is 1430. The van der Waals surface area contributed by atoms with Gasteiger partial charge in [-0.05, 0) is 80.4 Å². The highest BCUT2D eigenvalue weighted by Gasteiger charge is 2.38. The molecule has 0 saturated heterocycles. The lowest BCUT2D eigenvalue weighted by Gasteiger charge is -2.17. The summed E-state index contributed by atoms with van der Waals surface area (Å²) in [5.41, 5.74) is 3.21. The number of ether oxygens (including phenoxy) is 2. The molecule has 188 valence electrons. The number of benzene rings is 3. The van der Waals surface area contributed by atoms with Crippen LogP contribution in [-0.4, -0.2) is 42.9 Å². The maximum atomic E-state index is 13.1. The Balaban J connectivity index is 1.40. The van der Waals surface area contributed by atoms with E-state index in [-0.39, 0.29) is 23.3 Å². The lowest BCUT2D eigenvalue weighted by Crippen LogP contribution is -2.30. The molecule has 1 N–H and O–H groups in total. The van der Waals surface area contributed by atoms with Gasteiger partial charge in [0.05, 0.1) is 34.5 Å². The highest BCUT2D eigenvalue weighted by atomic mass is 16.5. The minimum Gasteiger partial charge on any atom is -0.462 e. The predicted molar refractivity (Wildman–Crippen MR) is 135 cm³/mol. The molecule has 1 heterocycles. The molecular weight excluding hydrogens is 476 g/mol. The number of hydrogen-bond donors (Lipinski definition) is 1. The summed E-state index contributed by atoms with van der Waals surface area (Å²) in [6, 6.07) is 15.6. The highest BCUT2D eigenvalue weighted by Crippen LogP contribution is 2.32. The summed E-state index contributed by atoms with van der Waals surface area (Å²) in [7, 11) is 0. The number of carbonyl (C=O) groups excluding carboxylic acids is 5. The average Bonchev–Trinajstić information content (AvgIpc) is 3.13. The minimum absolute atomic E-state index is 0.0364. The van der Waals surface area contributed by atoms with Crippen molar-refractivity contribution in [3.05, 3.63) is 94.0 Å². The standard InChI is InChI=1S/C28H24N2O7/c1-4-36-27(34)18-7-10-20(11-8-18)29-24(31)15-37-28(35)19-9-12-21-22(14-19)26(33)30(25(21)32)23-13-16(2)5-6-17(23)3/h5-14H,4,15H2,1-3H3,(H,29,31). The molecule has 0 aliphatic carbocycles. The predicted octanol–water partition coefficient (Wildman–Crippen LogP) is 4.08. The van der Waals surface area contributed by atoms with Crippen LogP contribution in [0.1, 0.15) is 59.5 Å². The molecule has 4 rings (SSSR count). The van der Waals surface area contributed by atoms with Gasteiger partial charge in [0.25, 0.3) is 17.7 Å². The smallest absolute Gasteiger partial charge is 0.338 e. The quantitative estimate of drug-likeness (QED) is 0.384. The maximum absolute atomic E-state index is 13.1. The molecular formula is C28H24N2O7. The number of nitrogens with zero attached hydrogens (tertiary/aromatic N) is 1. The van der Waals surface area contributed by atoms with Crippen LogP contribution < -0.4 is 10.2 Å². The van der Waals surface area contributed by atoms with Crippen molar-refractivity contribution in [3.8, 4) is 0 Å². The Hall–Kier alpha value is -4.79. The molecule has 1 aliphatic heterocycles. The van der Waals surface area contributed by atoms with Gasteiger partial charge in [0.1, 0.15) is 0 Å². The normalized spacial score (nSPS) is 12.2. The van der Waals surface area contributed by atoms with Gasteiger partial charge >= 0.3 is 11.9 Å². The summed E-state index contributed by atoms with van der Waals surface area (Å²) in [6.45, 7) is 5.05. The van der Waals surface area contributed by atoms with Crippen LogP contribution in [0.4, 0.5) is 11.4 Å². The van der Waals surface area contributed by atoms with E-state index in [1.165, 1.54) is 42.5 Å². The number of aryl methyl sites for hydroxylation is 2. The first-order valence-electron chi connectivity index (χ1n) is 11.5. The molecule has 37 heavy (non-hydrogen) atoms. The first-order valence-corrected chi connectivity index (χ1v) is 11.5. The molecule has 0 radical (unpaired) electrons. The van der Waals surface area contributed by atoms with Crippen LogP contribution in [0.5, 0.6) is 0 Å². The van der Waals surface area contributed by atoms with Gasteiger partial charge in [-0.15, -0.1) is 0 Å². The monoisotopic (exact) mass is 500 g/mol. The zero-order valence-electron chi connectivity index (χ0n) is 20.5. The van der Waals surface area contributed by atoms with E-state index in [4.69, 9.17) is 9.47 Å². The third-order valence-corrected chi connectivity index (χ3v) is 5.74. The summed E-state index contributed by atoms with van der Waals surface area (Å²) in [6.07, 6.45) is 0. The van der Waals surface area contributed by atoms with Crippen molar-refractivity contribution >= 4 is 41.0 Å². The highest BCUT2D eigenvalue weighted by molar-refractivity contribution is 6.35. The Labute approximate surface area is 213 Å². The van der Waals surface area contributed by atoms with Crippen molar-refractivity contribution in [2.75, 3.05) is 23.4 Å². The van der Waals surface area contributed by atoms with E-state index in [2.05, 4.69) is 5.32 Å². The van der Waals surface area contributed by atoms with Crippen molar-refractivity contribution in [2.45, 2.75) is 20.8 Å². The summed E-state index contributed by atoms with van der Waals surface area (Å²) in [5.74, 6) is -2.89. The molecule has 3 aromatic carbocycles. The fraction of sp³-hybridized carbons (Fsp3) is 0.179. The molecule has 0 aromatic heterocycles. The lowest BCUT2D eigenvalue weighted by atomic mass is 10.1. The summed E-state index contributed by atoms with van der Waals surface area (Å²) in [5, 5.41) is 2.56. The number of imide groups is 1. The van der Waals surface area contributed by atoms with Gasteiger partial charge in [0.15, 0.2) is 6.61 Å². The molecule has 0 fully saturated rings. The molecule has 0 spiro atoms. The first kappa shape index (κ1) is 25.3. The van der Waals surface area contributed by atoms with Crippen LogP contribution in [0.2, 0.25) is 0 Å². The molecule has 3 amide bonds. The van der Waals surface area contributed by atoms with Crippen LogP contribution in [0.15, 0.2) is 60.7 Å². The molecule has 3 aromatic rings. The van der Waals surface area contributed by atoms with Gasteiger partial charge in [-0.2, -0.15) is 0 Å². The molecule has 0 unspecified atom stereocenters. The van der Waals surface area contributed by atoms with Crippen molar-refractivity contribution < 1.29 is 33.4 Å². The van der Waals surface area contributed by atoms with Crippen molar-refractivity contribution in [1.29, 1.82) is 0 Å². The van der Waals surface area contributed by atoms with Crippen molar-refractivity contribution in [3.63, 3.8) is 0 Å². The lowest BCUT2D eigenvalue weighted by molar-refractivity contribution is -0.119. The Morgan fingerprint density at radius 2 is 1.43 bits per heavy atom. The van der Waals surface area contributed by atoms with E-state index in [1.807, 2.05) is 19.1 Å². The van der Waals surface area contributed by atoms with Gasteiger partial charge in [-0.1, -0.05) is 12.1 Å². The Kier molecular flexibility index (Phi) is 7.15. The zero-order chi connectivity index (χ0) is 26.7. The minimum atomic E-state index is -0.818. The van der Waals surface area contributed by atoms with E-state index >= 15 is 0 Å². The molecule has 0 bridgehead atoms. The van der Waals surface area contributed by atoms with Gasteiger partial charge in [-0.25, -0.2) is 14.5 Å². The largest absolute Gasteiger partial charge is 0.462 e. The van der Waals surface area contributed by atoms with E-state index in [9.17, 15) is 24.0 Å². The number of hydrogen-bond acceptors (Lipinski definition) is 7. The molecule has 1 aliphatic rings. The SMILES string of the molecule is CCOC(=O)c1ccc(NC(=O)COC(=O)c2ccc3c(c2)C(=O)N(c2cc(C)ccc2C)C3=O)cc1. The second kappa shape index (κ2) is 10.4. The Morgan fingerprint density at radius 3 is 2.14 bits per heavy atom. The maximum Gasteiger partial charge on any atom is 0.338 e. The summed E-state index contributed by atoms with van der Waals surface area (Å²) >= 11 is 0. The number of fused-ring (bicyclic) bond motifs is 1. The van der Waals surface area contributed by atoms with Gasteiger partial charge < -0.3 is 14.8 Å². The second-order valence-corrected chi connectivity index (χ2v) is 8.42. The van der Waals surface area contributed by atoms with Gasteiger partial charge in [0, 0.05) is 5.69 Å². The number of nitrogens with one attached hydrogen (secondary N) is 1. The van der Waals surface area contributed by atoms with Crippen LogP contribution >= 0.6 is 0 Å². The van der Waals surface area contributed by atoms with Gasteiger partial charge in [-0.3, -0.25) is 14.4 Å². The zero-order valence-corrected chi connectivity index (χ0v) is 20.5. The number of anilines is 2. The van der Waals surface area contributed by atoms with E-state index in [0.29, 0.717) is 16.9 Å². The molecule has 9 heteroatoms. The van der Waals surface area contributed by atoms with E-state index in [1.54, 1.807) is 19.9 Å². The van der Waals surface area contributed by atoms with Crippen LogP contribution in [0.3, 0.4) is 0 Å². The van der Waals surface area contributed by atoms with Crippen LogP contribution in [0.25, 0.3) is 0 Å². The summed E-state index contributed by atoms with van der Waals surface area (Å²) in [4.78, 5) is 63.6. The number of esters is 2. The summed E-state index contributed by atoms with van der Waals surface area (Å²) < 4.78 is 10.00. The number of carbonyl (C=O) groups is 5. The Morgan fingerprint density at radius 1 is 0.784 bits per heavy atom. The fourth-order valence-corrected chi connectivity index (χ4v) is 3.86.